The van der Waals surface area contributed by atoms with Crippen molar-refractivity contribution in [2.45, 2.75) is 38.9 Å². The molecular weight excluding hydrogens is 423 g/mol. The predicted octanol–water partition coefficient (Wildman–Crippen LogP) is 3.89. The summed E-state index contributed by atoms with van der Waals surface area (Å²) in [5.74, 6) is 2.21. The number of halogens is 3. The summed E-state index contributed by atoms with van der Waals surface area (Å²) in [6, 6.07) is 2.28. The second-order valence-corrected chi connectivity index (χ2v) is 11.3. The number of fused-ring (bicyclic) bond motifs is 1. The first kappa shape index (κ1) is 21.4. The molecule has 2 aromatic heterocycles. The number of hydrogen-bond donors (Lipinski definition) is 0. The second kappa shape index (κ2) is 7.56. The van der Waals surface area contributed by atoms with Crippen LogP contribution in [-0.4, -0.2) is 78.3 Å². The molecule has 1 atom stereocenters. The molecule has 3 saturated heterocycles. The fraction of sp³-hybridized carbons (Fsp3) is 0.727. The Morgan fingerprint density at radius 2 is 1.94 bits per heavy atom. The zero-order chi connectivity index (χ0) is 22.0. The van der Waals surface area contributed by atoms with Gasteiger partial charge in [0.15, 0.2) is 0 Å². The third-order valence-electron chi connectivity index (χ3n) is 7.23. The Morgan fingerprint density at radius 3 is 2.58 bits per heavy atom. The SMILES string of the molecule is CC(C)[C@H](C1CN(C)C1)N1CC2(CCN(c3ncnc4sc(CC(F)(F)F)cc34)C2)C1. The summed E-state index contributed by atoms with van der Waals surface area (Å²) >= 11 is 1.13. The quantitative estimate of drug-likeness (QED) is 0.686. The largest absolute Gasteiger partial charge is 0.393 e. The molecule has 9 heteroatoms. The molecule has 0 aromatic carbocycles. The predicted molar refractivity (Wildman–Crippen MR) is 118 cm³/mol. The minimum atomic E-state index is -4.20. The van der Waals surface area contributed by atoms with Crippen LogP contribution in [0.15, 0.2) is 12.4 Å². The summed E-state index contributed by atoms with van der Waals surface area (Å²) in [5, 5.41) is 0.762. The summed E-state index contributed by atoms with van der Waals surface area (Å²) < 4.78 is 38.5. The number of thiophene rings is 1. The molecule has 0 amide bonds. The van der Waals surface area contributed by atoms with Crippen LogP contribution in [0.3, 0.4) is 0 Å². The molecule has 170 valence electrons. The van der Waals surface area contributed by atoms with Crippen molar-refractivity contribution in [3.63, 3.8) is 0 Å². The molecular formula is C22H30F3N5S. The number of hydrogen-bond acceptors (Lipinski definition) is 6. The van der Waals surface area contributed by atoms with Gasteiger partial charge < -0.3 is 9.80 Å². The van der Waals surface area contributed by atoms with E-state index in [0.29, 0.717) is 21.7 Å². The topological polar surface area (TPSA) is 35.5 Å². The summed E-state index contributed by atoms with van der Waals surface area (Å²) in [4.78, 5) is 17.0. The highest BCUT2D eigenvalue weighted by molar-refractivity contribution is 7.18. The maximum atomic E-state index is 12.8. The van der Waals surface area contributed by atoms with E-state index < -0.39 is 12.6 Å². The molecule has 3 aliphatic heterocycles. The van der Waals surface area contributed by atoms with E-state index in [1.807, 2.05) is 0 Å². The molecule has 1 spiro atoms. The first-order valence-corrected chi connectivity index (χ1v) is 11.9. The van der Waals surface area contributed by atoms with Crippen LogP contribution >= 0.6 is 11.3 Å². The number of likely N-dealkylation sites (tertiary alicyclic amines) is 2. The van der Waals surface area contributed by atoms with Crippen molar-refractivity contribution in [2.24, 2.45) is 17.3 Å². The Balaban J connectivity index is 1.29. The average Bonchev–Trinajstić information content (AvgIpc) is 3.21. The average molecular weight is 454 g/mol. The van der Waals surface area contributed by atoms with E-state index >= 15 is 0 Å². The van der Waals surface area contributed by atoms with Gasteiger partial charge >= 0.3 is 6.18 Å². The van der Waals surface area contributed by atoms with Gasteiger partial charge in [-0.15, -0.1) is 11.3 Å². The molecule has 3 fully saturated rings. The van der Waals surface area contributed by atoms with Crippen molar-refractivity contribution in [3.05, 3.63) is 17.3 Å². The lowest BCUT2D eigenvalue weighted by molar-refractivity contribution is -0.126. The number of rotatable bonds is 5. The Bertz CT molecular complexity index is 946. The minimum Gasteiger partial charge on any atom is -0.355 e. The van der Waals surface area contributed by atoms with E-state index in [2.05, 4.69) is 45.6 Å². The Morgan fingerprint density at radius 1 is 1.19 bits per heavy atom. The zero-order valence-corrected chi connectivity index (χ0v) is 19.1. The van der Waals surface area contributed by atoms with Gasteiger partial charge in [0, 0.05) is 61.5 Å². The third kappa shape index (κ3) is 4.04. The van der Waals surface area contributed by atoms with E-state index in [-0.39, 0.29) is 5.41 Å². The molecule has 5 nitrogen and oxygen atoms in total. The number of nitrogens with zero attached hydrogens (tertiary/aromatic N) is 5. The van der Waals surface area contributed by atoms with E-state index in [1.165, 1.54) is 19.4 Å². The van der Waals surface area contributed by atoms with Crippen LogP contribution in [0.4, 0.5) is 19.0 Å². The molecule has 0 radical (unpaired) electrons. The Labute approximate surface area is 185 Å². The molecule has 0 bridgehead atoms. The summed E-state index contributed by atoms with van der Waals surface area (Å²) in [6.07, 6.45) is -2.50. The molecule has 5 heterocycles. The molecule has 0 aliphatic carbocycles. The number of anilines is 1. The monoisotopic (exact) mass is 453 g/mol. The van der Waals surface area contributed by atoms with Gasteiger partial charge in [0.25, 0.3) is 0 Å². The standard InChI is InChI=1S/C22H30F3N5S/c1-14(2)18(15-8-28(3)9-15)30-11-21(12-30)4-5-29(10-21)19-17-6-16(7-22(23,24)25)31-20(17)27-13-26-19/h6,13-15,18H,4-5,7-12H2,1-3H3/t18-/m1/s1. The lowest BCUT2D eigenvalue weighted by Crippen LogP contribution is -2.67. The summed E-state index contributed by atoms with van der Waals surface area (Å²) in [5.41, 5.74) is 0.283. The van der Waals surface area contributed by atoms with Crippen molar-refractivity contribution >= 4 is 27.4 Å². The van der Waals surface area contributed by atoms with E-state index in [1.54, 1.807) is 6.07 Å². The Kier molecular flexibility index (Phi) is 5.22. The van der Waals surface area contributed by atoms with Gasteiger partial charge in [0.2, 0.25) is 0 Å². The van der Waals surface area contributed by atoms with Crippen molar-refractivity contribution in [1.29, 1.82) is 0 Å². The second-order valence-electron chi connectivity index (χ2n) is 10.2. The highest BCUT2D eigenvalue weighted by atomic mass is 32.1. The summed E-state index contributed by atoms with van der Waals surface area (Å²) in [7, 11) is 2.19. The fourth-order valence-corrected chi connectivity index (χ4v) is 7.08. The molecule has 5 rings (SSSR count). The zero-order valence-electron chi connectivity index (χ0n) is 18.3. The maximum Gasteiger partial charge on any atom is 0.393 e. The molecule has 0 N–H and O–H groups in total. The van der Waals surface area contributed by atoms with E-state index in [0.717, 1.165) is 61.1 Å². The first-order chi connectivity index (χ1) is 14.6. The van der Waals surface area contributed by atoms with Crippen molar-refractivity contribution in [3.8, 4) is 0 Å². The van der Waals surface area contributed by atoms with Gasteiger partial charge in [-0.3, -0.25) is 4.90 Å². The van der Waals surface area contributed by atoms with Gasteiger partial charge in [-0.05, 0) is 25.5 Å². The van der Waals surface area contributed by atoms with Crippen LogP contribution in [-0.2, 0) is 6.42 Å². The lowest BCUT2D eigenvalue weighted by atomic mass is 9.74. The van der Waals surface area contributed by atoms with Gasteiger partial charge in [-0.25, -0.2) is 9.97 Å². The summed E-state index contributed by atoms with van der Waals surface area (Å²) in [6.45, 7) is 11.1. The normalized spacial score (nSPS) is 23.6. The van der Waals surface area contributed by atoms with Crippen LogP contribution in [0.5, 0.6) is 0 Å². The number of aromatic nitrogens is 2. The van der Waals surface area contributed by atoms with Gasteiger partial charge in [-0.2, -0.15) is 13.2 Å². The van der Waals surface area contributed by atoms with Crippen molar-refractivity contribution in [1.82, 2.24) is 19.8 Å². The smallest absolute Gasteiger partial charge is 0.355 e. The molecule has 0 saturated carbocycles. The van der Waals surface area contributed by atoms with Crippen molar-refractivity contribution in [2.75, 3.05) is 51.2 Å². The molecule has 0 unspecified atom stereocenters. The van der Waals surface area contributed by atoms with Crippen LogP contribution in [0, 0.1) is 17.3 Å². The van der Waals surface area contributed by atoms with E-state index in [4.69, 9.17) is 0 Å². The van der Waals surface area contributed by atoms with Crippen LogP contribution in [0.1, 0.15) is 25.1 Å². The third-order valence-corrected chi connectivity index (χ3v) is 8.27. The van der Waals surface area contributed by atoms with Gasteiger partial charge in [0.1, 0.15) is 17.0 Å². The molecule has 3 aliphatic rings. The van der Waals surface area contributed by atoms with E-state index in [9.17, 15) is 13.2 Å². The lowest BCUT2D eigenvalue weighted by Gasteiger charge is -2.57. The first-order valence-electron chi connectivity index (χ1n) is 11.1. The molecule has 2 aromatic rings. The molecule has 31 heavy (non-hydrogen) atoms. The fourth-order valence-electron chi connectivity index (χ4n) is 6.06. The highest BCUT2D eigenvalue weighted by Gasteiger charge is 2.52. The Hall–Kier alpha value is -1.45. The maximum absolute atomic E-state index is 12.8. The number of alkyl halides is 3. The van der Waals surface area contributed by atoms with Crippen LogP contribution in [0.2, 0.25) is 0 Å². The van der Waals surface area contributed by atoms with Crippen LogP contribution < -0.4 is 4.90 Å². The van der Waals surface area contributed by atoms with Crippen LogP contribution in [0.25, 0.3) is 10.2 Å². The van der Waals surface area contributed by atoms with Crippen molar-refractivity contribution < 1.29 is 13.2 Å². The van der Waals surface area contributed by atoms with Gasteiger partial charge in [0.05, 0.1) is 11.8 Å². The van der Waals surface area contributed by atoms with Gasteiger partial charge in [-0.1, -0.05) is 13.8 Å². The highest BCUT2D eigenvalue weighted by Crippen LogP contribution is 2.45. The minimum absolute atomic E-state index is 0.283.